The van der Waals surface area contributed by atoms with Crippen LogP contribution >= 0.6 is 0 Å². The monoisotopic (exact) mass is 267 g/mol. The summed E-state index contributed by atoms with van der Waals surface area (Å²) in [5.74, 6) is -2.28. The van der Waals surface area contributed by atoms with E-state index in [0.717, 1.165) is 0 Å². The molecule has 0 radical (unpaired) electrons. The number of hydrogen-bond donors (Lipinski definition) is 4. The van der Waals surface area contributed by atoms with Gasteiger partial charge in [-0.05, 0) is 5.92 Å². The molecular formula is C8H17N3O5S. The fourth-order valence-electron chi connectivity index (χ4n) is 0.886. The first-order valence-corrected chi connectivity index (χ1v) is 6.40. The van der Waals surface area contributed by atoms with E-state index in [9.17, 15) is 18.0 Å². The summed E-state index contributed by atoms with van der Waals surface area (Å²) < 4.78 is 26.8. The predicted octanol–water partition coefficient (Wildman–Crippen LogP) is -1.60. The first kappa shape index (κ1) is 15.8. The number of carboxylic acids is 1. The zero-order valence-electron chi connectivity index (χ0n) is 9.63. The van der Waals surface area contributed by atoms with Crippen molar-refractivity contribution in [3.8, 4) is 0 Å². The van der Waals surface area contributed by atoms with Gasteiger partial charge in [-0.25, -0.2) is 4.72 Å². The molecule has 0 fully saturated rings. The third kappa shape index (κ3) is 7.66. The highest BCUT2D eigenvalue weighted by Gasteiger charge is 2.25. The van der Waals surface area contributed by atoms with Crippen LogP contribution in [-0.4, -0.2) is 38.0 Å². The molecular weight excluding hydrogens is 250 g/mol. The molecule has 0 heterocycles. The molecule has 5 N–H and O–H groups in total. The molecule has 1 amide bonds. The van der Waals surface area contributed by atoms with Crippen molar-refractivity contribution in [2.45, 2.75) is 26.3 Å². The Labute approximate surface area is 99.7 Å². The lowest BCUT2D eigenvalue weighted by Gasteiger charge is -2.14. The summed E-state index contributed by atoms with van der Waals surface area (Å²) in [7, 11) is -3.96. The molecule has 0 saturated heterocycles. The molecule has 0 unspecified atom stereocenters. The third-order valence-corrected chi connectivity index (χ3v) is 2.82. The van der Waals surface area contributed by atoms with Gasteiger partial charge in [0.1, 0.15) is 6.04 Å². The molecule has 8 nitrogen and oxygen atoms in total. The summed E-state index contributed by atoms with van der Waals surface area (Å²) in [5.41, 5.74) is 4.81. The maximum Gasteiger partial charge on any atom is 0.322 e. The number of hydrogen-bond acceptors (Lipinski definition) is 4. The van der Waals surface area contributed by atoms with Crippen molar-refractivity contribution in [1.29, 1.82) is 0 Å². The Kier molecular flexibility index (Phi) is 6.07. The van der Waals surface area contributed by atoms with Crippen molar-refractivity contribution in [2.24, 2.45) is 11.7 Å². The number of rotatable bonds is 8. The molecule has 0 saturated carbocycles. The molecule has 0 aromatic carbocycles. The second-order valence-corrected chi connectivity index (χ2v) is 5.46. The van der Waals surface area contributed by atoms with Gasteiger partial charge in [0, 0.05) is 6.54 Å². The van der Waals surface area contributed by atoms with Crippen LogP contribution < -0.4 is 15.2 Å². The fraction of sp³-hybridized carbons (Fsp3) is 0.750. The SMILES string of the molecule is CC(C)CNS(=O)(=O)N[C@H](CC(N)=O)C(=O)O. The topological polar surface area (TPSA) is 139 Å². The van der Waals surface area contributed by atoms with E-state index in [1.807, 2.05) is 4.72 Å². The predicted molar refractivity (Wildman–Crippen MR) is 60.1 cm³/mol. The Hall–Kier alpha value is -1.19. The smallest absolute Gasteiger partial charge is 0.322 e. The Morgan fingerprint density at radius 2 is 1.88 bits per heavy atom. The van der Waals surface area contributed by atoms with E-state index in [1.54, 1.807) is 13.8 Å². The molecule has 1 atom stereocenters. The van der Waals surface area contributed by atoms with Crippen LogP contribution in [0.1, 0.15) is 20.3 Å². The number of aliphatic carboxylic acids is 1. The molecule has 0 aliphatic rings. The quantitative estimate of drug-likeness (QED) is 0.419. The highest BCUT2D eigenvalue weighted by atomic mass is 32.2. The molecule has 9 heteroatoms. The number of carbonyl (C=O) groups excluding carboxylic acids is 1. The molecule has 100 valence electrons. The second kappa shape index (κ2) is 6.52. The van der Waals surface area contributed by atoms with Gasteiger partial charge in [-0.15, -0.1) is 0 Å². The molecule has 0 bridgehead atoms. The summed E-state index contributed by atoms with van der Waals surface area (Å²) in [6.07, 6.45) is -0.599. The van der Waals surface area contributed by atoms with E-state index in [2.05, 4.69) is 4.72 Å². The first-order chi connectivity index (χ1) is 7.64. The van der Waals surface area contributed by atoms with Crippen LogP contribution in [0.25, 0.3) is 0 Å². The summed E-state index contributed by atoms with van der Waals surface area (Å²) >= 11 is 0. The second-order valence-electron chi connectivity index (χ2n) is 3.92. The highest BCUT2D eigenvalue weighted by molar-refractivity contribution is 7.87. The van der Waals surface area contributed by atoms with Gasteiger partial charge in [-0.1, -0.05) is 13.8 Å². The number of nitrogens with two attached hydrogens (primary N) is 1. The minimum absolute atomic E-state index is 0.0750. The van der Waals surface area contributed by atoms with Crippen molar-refractivity contribution in [1.82, 2.24) is 9.44 Å². The minimum Gasteiger partial charge on any atom is -0.480 e. The average Bonchev–Trinajstić information content (AvgIpc) is 2.12. The van der Waals surface area contributed by atoms with Gasteiger partial charge >= 0.3 is 5.97 Å². The van der Waals surface area contributed by atoms with Crippen LogP contribution in [0.3, 0.4) is 0 Å². The Balaban J connectivity index is 4.53. The summed E-state index contributed by atoms with van der Waals surface area (Å²) in [5, 5.41) is 8.70. The number of carboxylic acid groups (broad SMARTS) is 1. The number of carbonyl (C=O) groups is 2. The maximum atomic E-state index is 11.4. The van der Waals surface area contributed by atoms with Crippen molar-refractivity contribution in [3.63, 3.8) is 0 Å². The normalized spacial score (nSPS) is 13.6. The molecule has 0 aliphatic heterocycles. The number of amides is 1. The zero-order valence-corrected chi connectivity index (χ0v) is 10.5. The van der Waals surface area contributed by atoms with Crippen molar-refractivity contribution < 1.29 is 23.1 Å². The van der Waals surface area contributed by atoms with Gasteiger partial charge in [0.25, 0.3) is 10.2 Å². The first-order valence-electron chi connectivity index (χ1n) is 4.92. The van der Waals surface area contributed by atoms with E-state index in [0.29, 0.717) is 0 Å². The van der Waals surface area contributed by atoms with Crippen LogP contribution in [0.4, 0.5) is 0 Å². The largest absolute Gasteiger partial charge is 0.480 e. The molecule has 0 aliphatic carbocycles. The molecule has 0 spiro atoms. The van der Waals surface area contributed by atoms with Crippen LogP contribution in [0.15, 0.2) is 0 Å². The lowest BCUT2D eigenvalue weighted by Crippen LogP contribution is -2.48. The van der Waals surface area contributed by atoms with Gasteiger partial charge in [0.2, 0.25) is 5.91 Å². The van der Waals surface area contributed by atoms with Gasteiger partial charge in [0.15, 0.2) is 0 Å². The van der Waals surface area contributed by atoms with Crippen molar-refractivity contribution >= 4 is 22.1 Å². The van der Waals surface area contributed by atoms with Gasteiger partial charge in [0.05, 0.1) is 6.42 Å². The van der Waals surface area contributed by atoms with E-state index in [1.165, 1.54) is 0 Å². The Bertz CT molecular complexity index is 379. The Morgan fingerprint density at radius 3 is 2.24 bits per heavy atom. The summed E-state index contributed by atoms with van der Waals surface area (Å²) in [6, 6.07) is -1.56. The average molecular weight is 267 g/mol. The van der Waals surface area contributed by atoms with E-state index in [4.69, 9.17) is 10.8 Å². The van der Waals surface area contributed by atoms with Gasteiger partial charge in [-0.2, -0.15) is 13.1 Å². The molecule has 0 aromatic heterocycles. The zero-order chi connectivity index (χ0) is 13.6. The summed E-state index contributed by atoms with van der Waals surface area (Å²) in [4.78, 5) is 21.3. The molecule has 17 heavy (non-hydrogen) atoms. The molecule has 0 aromatic rings. The molecule has 0 rings (SSSR count). The van der Waals surface area contributed by atoms with E-state index in [-0.39, 0.29) is 12.5 Å². The maximum absolute atomic E-state index is 11.4. The van der Waals surface area contributed by atoms with Crippen molar-refractivity contribution in [2.75, 3.05) is 6.54 Å². The number of primary amides is 1. The standard InChI is InChI=1S/C8H17N3O5S/c1-5(2)4-10-17(15,16)11-6(8(13)14)3-7(9)12/h5-6,10-11H,3-4H2,1-2H3,(H2,9,12)(H,13,14)/t6-/m1/s1. The minimum atomic E-state index is -3.96. The fourth-order valence-corrected chi connectivity index (χ4v) is 2.08. The van der Waals surface area contributed by atoms with Crippen LogP contribution in [0, 0.1) is 5.92 Å². The highest BCUT2D eigenvalue weighted by Crippen LogP contribution is 1.95. The summed E-state index contributed by atoms with van der Waals surface area (Å²) in [6.45, 7) is 3.75. The lowest BCUT2D eigenvalue weighted by molar-refractivity contribution is -0.140. The number of nitrogens with one attached hydrogen (secondary N) is 2. The van der Waals surface area contributed by atoms with Gasteiger partial charge < -0.3 is 10.8 Å². The third-order valence-electron chi connectivity index (χ3n) is 1.68. The van der Waals surface area contributed by atoms with Crippen molar-refractivity contribution in [3.05, 3.63) is 0 Å². The van der Waals surface area contributed by atoms with Crippen LogP contribution in [-0.2, 0) is 19.8 Å². The Morgan fingerprint density at radius 1 is 1.35 bits per heavy atom. The van der Waals surface area contributed by atoms with E-state index >= 15 is 0 Å². The lowest BCUT2D eigenvalue weighted by atomic mass is 10.2. The van der Waals surface area contributed by atoms with Crippen LogP contribution in [0.2, 0.25) is 0 Å². The van der Waals surface area contributed by atoms with Gasteiger partial charge in [-0.3, -0.25) is 9.59 Å². The van der Waals surface area contributed by atoms with E-state index < -0.39 is 34.5 Å². The van der Waals surface area contributed by atoms with Crippen LogP contribution in [0.5, 0.6) is 0 Å².